The van der Waals surface area contributed by atoms with E-state index in [1.165, 1.54) is 24.3 Å². The van der Waals surface area contributed by atoms with E-state index in [4.69, 9.17) is 0 Å². The molecule has 2 rings (SSSR count). The molecule has 0 spiro atoms. The van der Waals surface area contributed by atoms with Gasteiger partial charge in [0.2, 0.25) is 0 Å². The predicted molar refractivity (Wildman–Crippen MR) is 60.4 cm³/mol. The maximum absolute atomic E-state index is 11.5. The number of aliphatic hydroxyl groups excluding tert-OH is 1. The minimum absolute atomic E-state index is 0.0151. The summed E-state index contributed by atoms with van der Waals surface area (Å²) in [5.41, 5.74) is 0.551. The summed E-state index contributed by atoms with van der Waals surface area (Å²) < 4.78 is 0. The van der Waals surface area contributed by atoms with Crippen molar-refractivity contribution in [3.63, 3.8) is 0 Å². The Morgan fingerprint density at radius 2 is 2.00 bits per heavy atom. The van der Waals surface area contributed by atoms with E-state index < -0.39 is 11.0 Å². The SMILES string of the molecule is O=C1CCCC1C(O)c1ccc([N+](=O)[O-])cc1. The molecule has 17 heavy (non-hydrogen) atoms. The Morgan fingerprint density at radius 1 is 1.35 bits per heavy atom. The van der Waals surface area contributed by atoms with Gasteiger partial charge in [0.25, 0.3) is 5.69 Å². The zero-order chi connectivity index (χ0) is 12.4. The molecule has 1 aromatic rings. The standard InChI is InChI=1S/C12H13NO4/c14-11-3-1-2-10(11)12(15)8-4-6-9(7-5-8)13(16)17/h4-7,10,12,15H,1-3H2. The molecule has 90 valence electrons. The van der Waals surface area contributed by atoms with Gasteiger partial charge in [-0.1, -0.05) is 0 Å². The highest BCUT2D eigenvalue weighted by Gasteiger charge is 2.31. The quantitative estimate of drug-likeness (QED) is 0.641. The molecule has 1 fully saturated rings. The average Bonchev–Trinajstić information content (AvgIpc) is 2.74. The Morgan fingerprint density at radius 3 is 2.47 bits per heavy atom. The number of carbonyl (C=O) groups excluding carboxylic acids is 1. The van der Waals surface area contributed by atoms with Gasteiger partial charge in [-0.05, 0) is 30.5 Å². The molecule has 0 aliphatic heterocycles. The van der Waals surface area contributed by atoms with Crippen LogP contribution in [0.15, 0.2) is 24.3 Å². The maximum Gasteiger partial charge on any atom is 0.269 e. The molecule has 0 bridgehead atoms. The Kier molecular flexibility index (Phi) is 3.19. The normalized spacial score (nSPS) is 21.5. The molecule has 0 radical (unpaired) electrons. The van der Waals surface area contributed by atoms with Crippen LogP contribution in [-0.4, -0.2) is 15.8 Å². The Balaban J connectivity index is 2.16. The van der Waals surface area contributed by atoms with Crippen molar-refractivity contribution in [1.29, 1.82) is 0 Å². The molecule has 1 aliphatic rings. The lowest BCUT2D eigenvalue weighted by molar-refractivity contribution is -0.384. The molecule has 2 unspecified atom stereocenters. The van der Waals surface area contributed by atoms with Crippen molar-refractivity contribution < 1.29 is 14.8 Å². The second-order valence-corrected chi connectivity index (χ2v) is 4.26. The summed E-state index contributed by atoms with van der Waals surface area (Å²) in [7, 11) is 0. The van der Waals surface area contributed by atoms with E-state index in [1.807, 2.05) is 0 Å². The molecule has 1 N–H and O–H groups in total. The summed E-state index contributed by atoms with van der Waals surface area (Å²) in [6.45, 7) is 0. The van der Waals surface area contributed by atoms with E-state index >= 15 is 0 Å². The largest absolute Gasteiger partial charge is 0.388 e. The van der Waals surface area contributed by atoms with E-state index in [0.29, 0.717) is 18.4 Å². The number of nitro benzene ring substituents is 1. The first-order valence-corrected chi connectivity index (χ1v) is 5.54. The van der Waals surface area contributed by atoms with Crippen molar-refractivity contribution in [2.45, 2.75) is 25.4 Å². The van der Waals surface area contributed by atoms with Crippen LogP contribution in [0.25, 0.3) is 0 Å². The molecular weight excluding hydrogens is 222 g/mol. The summed E-state index contributed by atoms with van der Waals surface area (Å²) in [6, 6.07) is 5.71. The number of Topliss-reactive ketones (excluding diaryl/α,β-unsaturated/α-hetero) is 1. The molecule has 5 heteroatoms. The number of benzene rings is 1. The van der Waals surface area contributed by atoms with Crippen LogP contribution in [0.5, 0.6) is 0 Å². The fourth-order valence-electron chi connectivity index (χ4n) is 2.20. The first kappa shape index (κ1) is 11.7. The summed E-state index contributed by atoms with van der Waals surface area (Å²) in [5.74, 6) is -0.271. The van der Waals surface area contributed by atoms with Crippen LogP contribution >= 0.6 is 0 Å². The third-order valence-electron chi connectivity index (χ3n) is 3.18. The molecule has 0 saturated heterocycles. The summed E-state index contributed by atoms with van der Waals surface area (Å²) in [5, 5.41) is 20.5. The first-order valence-electron chi connectivity index (χ1n) is 5.54. The number of nitrogens with zero attached hydrogens (tertiary/aromatic N) is 1. The predicted octanol–water partition coefficient (Wildman–Crippen LogP) is 2.00. The fraction of sp³-hybridized carbons (Fsp3) is 0.417. The highest BCUT2D eigenvalue weighted by molar-refractivity contribution is 5.83. The molecular formula is C12H13NO4. The number of nitro groups is 1. The number of ketones is 1. The third-order valence-corrected chi connectivity index (χ3v) is 3.18. The number of carbonyl (C=O) groups is 1. The average molecular weight is 235 g/mol. The molecule has 0 heterocycles. The van der Waals surface area contributed by atoms with Gasteiger partial charge in [0.1, 0.15) is 5.78 Å². The van der Waals surface area contributed by atoms with Gasteiger partial charge in [0.05, 0.1) is 11.0 Å². The zero-order valence-corrected chi connectivity index (χ0v) is 9.20. The van der Waals surface area contributed by atoms with Gasteiger partial charge in [-0.15, -0.1) is 0 Å². The Hall–Kier alpha value is -1.75. The Labute approximate surface area is 98.2 Å². The highest BCUT2D eigenvalue weighted by Crippen LogP contribution is 2.33. The molecule has 0 amide bonds. The highest BCUT2D eigenvalue weighted by atomic mass is 16.6. The minimum Gasteiger partial charge on any atom is -0.388 e. The smallest absolute Gasteiger partial charge is 0.269 e. The van der Waals surface area contributed by atoms with Crippen LogP contribution in [-0.2, 0) is 4.79 Å². The zero-order valence-electron chi connectivity index (χ0n) is 9.20. The van der Waals surface area contributed by atoms with Crippen LogP contribution in [0.4, 0.5) is 5.69 Å². The van der Waals surface area contributed by atoms with Crippen molar-refractivity contribution in [3.8, 4) is 0 Å². The van der Waals surface area contributed by atoms with Gasteiger partial charge < -0.3 is 5.11 Å². The Bertz CT molecular complexity index is 440. The number of non-ortho nitro benzene ring substituents is 1. The number of hydrogen-bond acceptors (Lipinski definition) is 4. The van der Waals surface area contributed by atoms with E-state index in [2.05, 4.69) is 0 Å². The molecule has 0 aromatic heterocycles. The minimum atomic E-state index is -0.842. The van der Waals surface area contributed by atoms with Crippen LogP contribution in [0.3, 0.4) is 0 Å². The van der Waals surface area contributed by atoms with Crippen molar-refractivity contribution >= 4 is 11.5 Å². The van der Waals surface area contributed by atoms with E-state index in [-0.39, 0.29) is 17.4 Å². The molecule has 1 aromatic carbocycles. The lowest BCUT2D eigenvalue weighted by atomic mass is 9.93. The summed E-state index contributed by atoms with van der Waals surface area (Å²) in [4.78, 5) is 21.5. The van der Waals surface area contributed by atoms with Gasteiger partial charge in [0.15, 0.2) is 0 Å². The van der Waals surface area contributed by atoms with Crippen LogP contribution in [0.2, 0.25) is 0 Å². The second kappa shape index (κ2) is 4.63. The lowest BCUT2D eigenvalue weighted by Gasteiger charge is -2.16. The second-order valence-electron chi connectivity index (χ2n) is 4.26. The van der Waals surface area contributed by atoms with E-state index in [9.17, 15) is 20.0 Å². The van der Waals surface area contributed by atoms with Crippen molar-refractivity contribution in [1.82, 2.24) is 0 Å². The van der Waals surface area contributed by atoms with E-state index in [0.717, 1.165) is 6.42 Å². The van der Waals surface area contributed by atoms with Crippen LogP contribution < -0.4 is 0 Å². The third kappa shape index (κ3) is 2.34. The summed E-state index contributed by atoms with van der Waals surface area (Å²) in [6.07, 6.45) is 1.19. The van der Waals surface area contributed by atoms with Crippen molar-refractivity contribution in [3.05, 3.63) is 39.9 Å². The molecule has 1 aliphatic carbocycles. The van der Waals surface area contributed by atoms with Gasteiger partial charge in [-0.25, -0.2) is 0 Å². The number of aliphatic hydroxyl groups is 1. The van der Waals surface area contributed by atoms with Crippen LogP contribution in [0, 0.1) is 16.0 Å². The summed E-state index contributed by atoms with van der Waals surface area (Å²) >= 11 is 0. The monoisotopic (exact) mass is 235 g/mol. The topological polar surface area (TPSA) is 80.4 Å². The van der Waals surface area contributed by atoms with Gasteiger partial charge in [-0.3, -0.25) is 14.9 Å². The van der Waals surface area contributed by atoms with Crippen LogP contribution in [0.1, 0.15) is 30.9 Å². The molecule has 1 saturated carbocycles. The van der Waals surface area contributed by atoms with Gasteiger partial charge in [0, 0.05) is 24.5 Å². The number of hydrogen-bond donors (Lipinski definition) is 1. The first-order chi connectivity index (χ1) is 8.09. The van der Waals surface area contributed by atoms with E-state index in [1.54, 1.807) is 0 Å². The lowest BCUT2D eigenvalue weighted by Crippen LogP contribution is -2.16. The fourth-order valence-corrected chi connectivity index (χ4v) is 2.20. The molecule has 5 nitrogen and oxygen atoms in total. The molecule has 2 atom stereocenters. The van der Waals surface area contributed by atoms with Crippen molar-refractivity contribution in [2.75, 3.05) is 0 Å². The van der Waals surface area contributed by atoms with Gasteiger partial charge in [-0.2, -0.15) is 0 Å². The van der Waals surface area contributed by atoms with Gasteiger partial charge >= 0.3 is 0 Å². The number of rotatable bonds is 3. The van der Waals surface area contributed by atoms with Crippen molar-refractivity contribution in [2.24, 2.45) is 5.92 Å². The maximum atomic E-state index is 11.5.